The minimum atomic E-state index is 0.0226. The molecule has 0 fully saturated rings. The van der Waals surface area contributed by atoms with Crippen LogP contribution in [-0.4, -0.2) is 12.5 Å². The lowest BCUT2D eigenvalue weighted by Gasteiger charge is -2.21. The number of anilines is 1. The van der Waals surface area contributed by atoms with Gasteiger partial charge in [-0.05, 0) is 49.7 Å². The maximum Gasteiger partial charge on any atom is 0.258 e. The number of amides is 1. The van der Waals surface area contributed by atoms with Gasteiger partial charge in [0.2, 0.25) is 0 Å². The van der Waals surface area contributed by atoms with E-state index in [0.29, 0.717) is 12.1 Å². The third-order valence-corrected chi connectivity index (χ3v) is 3.44. The highest BCUT2D eigenvalue weighted by molar-refractivity contribution is 9.10. The molecule has 0 aliphatic carbocycles. The van der Waals surface area contributed by atoms with E-state index in [-0.39, 0.29) is 5.91 Å². The number of rotatable bonds is 3. The van der Waals surface area contributed by atoms with Crippen LogP contribution in [0, 0.1) is 6.92 Å². The van der Waals surface area contributed by atoms with Crippen molar-refractivity contribution in [2.24, 2.45) is 0 Å². The summed E-state index contributed by atoms with van der Waals surface area (Å²) in [7, 11) is 0. The van der Waals surface area contributed by atoms with Crippen molar-refractivity contribution >= 4 is 27.5 Å². The molecule has 2 aromatic rings. The van der Waals surface area contributed by atoms with Crippen molar-refractivity contribution in [1.29, 1.82) is 0 Å². The summed E-state index contributed by atoms with van der Waals surface area (Å²) in [6, 6.07) is 15.5. The Balaban J connectivity index is 2.34. The lowest BCUT2D eigenvalue weighted by Crippen LogP contribution is -2.30. The van der Waals surface area contributed by atoms with E-state index >= 15 is 0 Å². The molecule has 0 unspecified atom stereocenters. The number of nitrogens with zero attached hydrogens (tertiary/aromatic N) is 1. The van der Waals surface area contributed by atoms with E-state index in [0.717, 1.165) is 15.7 Å². The van der Waals surface area contributed by atoms with Crippen LogP contribution in [-0.2, 0) is 0 Å². The van der Waals surface area contributed by atoms with Gasteiger partial charge in [-0.1, -0.05) is 34.1 Å². The number of hydrogen-bond donors (Lipinski definition) is 0. The van der Waals surface area contributed by atoms with E-state index in [4.69, 9.17) is 0 Å². The van der Waals surface area contributed by atoms with Gasteiger partial charge in [-0.15, -0.1) is 0 Å². The molecule has 0 bridgehead atoms. The summed E-state index contributed by atoms with van der Waals surface area (Å²) < 4.78 is 0.915. The van der Waals surface area contributed by atoms with Gasteiger partial charge < -0.3 is 4.90 Å². The first-order chi connectivity index (χ1) is 9.11. The lowest BCUT2D eigenvalue weighted by atomic mass is 10.1. The number of carbonyl (C=O) groups is 1. The highest BCUT2D eigenvalue weighted by Crippen LogP contribution is 2.20. The van der Waals surface area contributed by atoms with Crippen LogP contribution in [0.15, 0.2) is 53.0 Å². The van der Waals surface area contributed by atoms with E-state index < -0.39 is 0 Å². The molecule has 0 N–H and O–H groups in total. The SMILES string of the molecule is CCN(C(=O)c1cccc(Br)c1)c1cccc(C)c1. The van der Waals surface area contributed by atoms with Crippen LogP contribution in [0.5, 0.6) is 0 Å². The molecule has 0 aliphatic heterocycles. The lowest BCUT2D eigenvalue weighted by molar-refractivity contribution is 0.0988. The first-order valence-corrected chi connectivity index (χ1v) is 7.05. The summed E-state index contributed by atoms with van der Waals surface area (Å²) in [6.07, 6.45) is 0. The zero-order chi connectivity index (χ0) is 13.8. The Bertz CT molecular complexity index is 595. The molecule has 3 heteroatoms. The Hall–Kier alpha value is -1.61. The maximum atomic E-state index is 12.5. The zero-order valence-corrected chi connectivity index (χ0v) is 12.6. The summed E-state index contributed by atoms with van der Waals surface area (Å²) in [4.78, 5) is 14.3. The van der Waals surface area contributed by atoms with Crippen LogP contribution in [0.1, 0.15) is 22.8 Å². The Kier molecular flexibility index (Phi) is 4.38. The van der Waals surface area contributed by atoms with Gasteiger partial charge in [-0.25, -0.2) is 0 Å². The van der Waals surface area contributed by atoms with Gasteiger partial charge in [0.1, 0.15) is 0 Å². The van der Waals surface area contributed by atoms with Crippen molar-refractivity contribution in [3.63, 3.8) is 0 Å². The van der Waals surface area contributed by atoms with E-state index in [2.05, 4.69) is 15.9 Å². The van der Waals surface area contributed by atoms with Crippen molar-refractivity contribution in [3.8, 4) is 0 Å². The van der Waals surface area contributed by atoms with Gasteiger partial charge in [0.25, 0.3) is 5.91 Å². The van der Waals surface area contributed by atoms with Gasteiger partial charge >= 0.3 is 0 Å². The molecule has 0 spiro atoms. The molecule has 0 saturated carbocycles. The number of benzene rings is 2. The second-order valence-corrected chi connectivity index (χ2v) is 5.31. The highest BCUT2D eigenvalue weighted by Gasteiger charge is 2.16. The summed E-state index contributed by atoms with van der Waals surface area (Å²) in [5.41, 5.74) is 2.78. The van der Waals surface area contributed by atoms with Gasteiger partial charge in [-0.2, -0.15) is 0 Å². The fraction of sp³-hybridized carbons (Fsp3) is 0.188. The van der Waals surface area contributed by atoms with Crippen molar-refractivity contribution in [2.45, 2.75) is 13.8 Å². The smallest absolute Gasteiger partial charge is 0.258 e. The minimum Gasteiger partial charge on any atom is -0.309 e. The molecule has 19 heavy (non-hydrogen) atoms. The fourth-order valence-electron chi connectivity index (χ4n) is 2.02. The van der Waals surface area contributed by atoms with E-state index in [1.165, 1.54) is 0 Å². The van der Waals surface area contributed by atoms with Gasteiger partial charge in [-0.3, -0.25) is 4.79 Å². The Morgan fingerprint density at radius 2 is 1.89 bits per heavy atom. The molecule has 2 nitrogen and oxygen atoms in total. The van der Waals surface area contributed by atoms with Crippen molar-refractivity contribution in [3.05, 3.63) is 64.1 Å². The van der Waals surface area contributed by atoms with Crippen LogP contribution in [0.4, 0.5) is 5.69 Å². The summed E-state index contributed by atoms with van der Waals surface area (Å²) >= 11 is 3.40. The molecule has 98 valence electrons. The molecule has 0 aliphatic rings. The summed E-state index contributed by atoms with van der Waals surface area (Å²) in [6.45, 7) is 4.66. The molecule has 0 aromatic heterocycles. The van der Waals surface area contributed by atoms with E-state index in [9.17, 15) is 4.79 Å². The molecule has 2 rings (SSSR count). The average molecular weight is 318 g/mol. The minimum absolute atomic E-state index is 0.0226. The predicted molar refractivity (Wildman–Crippen MR) is 82.7 cm³/mol. The largest absolute Gasteiger partial charge is 0.309 e. The predicted octanol–water partition coefficient (Wildman–Crippen LogP) is 4.42. The molecule has 0 saturated heterocycles. The Morgan fingerprint density at radius 1 is 1.16 bits per heavy atom. The molecule has 0 atom stereocenters. The van der Waals surface area contributed by atoms with Gasteiger partial charge in [0, 0.05) is 22.3 Å². The maximum absolute atomic E-state index is 12.5. The van der Waals surface area contributed by atoms with E-state index in [1.807, 2.05) is 62.4 Å². The number of hydrogen-bond acceptors (Lipinski definition) is 1. The number of halogens is 1. The summed E-state index contributed by atoms with van der Waals surface area (Å²) in [5, 5.41) is 0. The van der Waals surface area contributed by atoms with Crippen LogP contribution in [0.2, 0.25) is 0 Å². The number of carbonyl (C=O) groups excluding carboxylic acids is 1. The van der Waals surface area contributed by atoms with Gasteiger partial charge in [0.15, 0.2) is 0 Å². The normalized spacial score (nSPS) is 10.3. The van der Waals surface area contributed by atoms with Gasteiger partial charge in [0.05, 0.1) is 0 Å². The van der Waals surface area contributed by atoms with Crippen molar-refractivity contribution in [1.82, 2.24) is 0 Å². The molecular weight excluding hydrogens is 302 g/mol. The quantitative estimate of drug-likeness (QED) is 0.820. The molecular formula is C16H16BrNO. The average Bonchev–Trinajstić information content (AvgIpc) is 2.39. The van der Waals surface area contributed by atoms with Crippen LogP contribution < -0.4 is 4.90 Å². The topological polar surface area (TPSA) is 20.3 Å². The Morgan fingerprint density at radius 3 is 2.53 bits per heavy atom. The van der Waals surface area contributed by atoms with Crippen LogP contribution in [0.25, 0.3) is 0 Å². The molecule has 0 heterocycles. The molecule has 0 radical (unpaired) electrons. The van der Waals surface area contributed by atoms with Crippen molar-refractivity contribution < 1.29 is 4.79 Å². The molecule has 2 aromatic carbocycles. The first-order valence-electron chi connectivity index (χ1n) is 6.26. The zero-order valence-electron chi connectivity index (χ0n) is 11.1. The number of aryl methyl sites for hydroxylation is 1. The Labute approximate surface area is 122 Å². The standard InChI is InChI=1S/C16H16BrNO/c1-3-18(15-9-4-6-12(2)10-15)16(19)13-7-5-8-14(17)11-13/h4-11H,3H2,1-2H3. The van der Waals surface area contributed by atoms with E-state index in [1.54, 1.807) is 4.90 Å². The highest BCUT2D eigenvalue weighted by atomic mass is 79.9. The van der Waals surface area contributed by atoms with Crippen LogP contribution >= 0.6 is 15.9 Å². The van der Waals surface area contributed by atoms with Crippen LogP contribution in [0.3, 0.4) is 0 Å². The monoisotopic (exact) mass is 317 g/mol. The third kappa shape index (κ3) is 3.24. The fourth-order valence-corrected chi connectivity index (χ4v) is 2.42. The molecule has 1 amide bonds. The third-order valence-electron chi connectivity index (χ3n) is 2.95. The second-order valence-electron chi connectivity index (χ2n) is 4.40. The van der Waals surface area contributed by atoms with Crippen molar-refractivity contribution in [2.75, 3.05) is 11.4 Å². The summed E-state index contributed by atoms with van der Waals surface area (Å²) in [5.74, 6) is 0.0226. The second kappa shape index (κ2) is 6.02. The first kappa shape index (κ1) is 13.8.